The van der Waals surface area contributed by atoms with Crippen molar-refractivity contribution in [2.75, 3.05) is 0 Å². The van der Waals surface area contributed by atoms with Crippen molar-refractivity contribution >= 4 is 0 Å². The van der Waals surface area contributed by atoms with Gasteiger partial charge in [-0.05, 0) is 43.6 Å². The van der Waals surface area contributed by atoms with E-state index in [1.54, 1.807) is 0 Å². The molecule has 1 nitrogen and oxygen atoms in total. The van der Waals surface area contributed by atoms with Crippen LogP contribution >= 0.6 is 0 Å². The minimum absolute atomic E-state index is 0.00164. The summed E-state index contributed by atoms with van der Waals surface area (Å²) in [6.07, 6.45) is 4.18. The van der Waals surface area contributed by atoms with Gasteiger partial charge in [0.2, 0.25) is 0 Å². The summed E-state index contributed by atoms with van der Waals surface area (Å²) in [6.45, 7) is 6.29. The van der Waals surface area contributed by atoms with Gasteiger partial charge in [0.15, 0.2) is 0 Å². The summed E-state index contributed by atoms with van der Waals surface area (Å²) in [5.74, 6) is 0. The minimum Gasteiger partial charge on any atom is -0.193 e. The van der Waals surface area contributed by atoms with E-state index in [0.29, 0.717) is 0 Å². The molecule has 0 heterocycles. The zero-order valence-electron chi connectivity index (χ0n) is 7.60. The maximum Gasteiger partial charge on any atom is 0.0960 e. The van der Waals surface area contributed by atoms with Gasteiger partial charge in [0.25, 0.3) is 0 Å². The lowest BCUT2D eigenvalue weighted by molar-refractivity contribution is 0.755. The molecular weight excluding hydrogens is 146 g/mol. The van der Waals surface area contributed by atoms with Gasteiger partial charge in [-0.3, -0.25) is 0 Å². The Hall–Kier alpha value is -1.29. The molecule has 0 spiro atoms. The van der Waals surface area contributed by atoms with Gasteiger partial charge < -0.3 is 0 Å². The summed E-state index contributed by atoms with van der Waals surface area (Å²) in [6, 6.07) is 2.26. The fourth-order valence-corrected chi connectivity index (χ4v) is 1.81. The second kappa shape index (κ2) is 1.90. The van der Waals surface area contributed by atoms with Crippen LogP contribution in [0.25, 0.3) is 0 Å². The van der Waals surface area contributed by atoms with Crippen LogP contribution in [-0.4, -0.2) is 0 Å². The Morgan fingerprint density at radius 2 is 2.08 bits per heavy atom. The summed E-state index contributed by atoms with van der Waals surface area (Å²) in [5.41, 5.74) is 4.81. The Kier molecular flexibility index (Phi) is 1.16. The molecule has 0 amide bonds. The predicted octanol–water partition coefficient (Wildman–Crippen LogP) is 2.73. The van der Waals surface area contributed by atoms with E-state index in [-0.39, 0.29) is 5.41 Å². The van der Waals surface area contributed by atoms with Gasteiger partial charge in [-0.1, -0.05) is 6.08 Å². The first-order valence-electron chi connectivity index (χ1n) is 4.13. The van der Waals surface area contributed by atoms with Gasteiger partial charge in [-0.15, -0.1) is 0 Å². The summed E-state index contributed by atoms with van der Waals surface area (Å²) in [4.78, 5) is 0. The number of hydrogen-bond donors (Lipinski definition) is 0. The maximum atomic E-state index is 8.88. The van der Waals surface area contributed by atoms with Gasteiger partial charge in [0, 0.05) is 11.0 Å². The highest BCUT2D eigenvalue weighted by Gasteiger charge is 2.45. The van der Waals surface area contributed by atoms with Crippen molar-refractivity contribution < 1.29 is 0 Å². The van der Waals surface area contributed by atoms with Crippen LogP contribution in [0.5, 0.6) is 0 Å². The van der Waals surface area contributed by atoms with Crippen molar-refractivity contribution in [2.24, 2.45) is 5.41 Å². The van der Waals surface area contributed by atoms with Crippen molar-refractivity contribution in [3.63, 3.8) is 0 Å². The molecule has 0 fully saturated rings. The minimum atomic E-state index is -0.00164. The van der Waals surface area contributed by atoms with E-state index in [9.17, 15) is 0 Å². The predicted molar refractivity (Wildman–Crippen MR) is 48.3 cm³/mol. The molecule has 0 bridgehead atoms. The Morgan fingerprint density at radius 3 is 2.67 bits per heavy atom. The van der Waals surface area contributed by atoms with E-state index in [1.807, 2.05) is 6.08 Å². The molecule has 0 saturated heterocycles. The topological polar surface area (TPSA) is 23.8 Å². The Morgan fingerprint density at radius 1 is 1.42 bits per heavy atom. The third kappa shape index (κ3) is 0.674. The van der Waals surface area contributed by atoms with Crippen LogP contribution in [0.1, 0.15) is 20.8 Å². The summed E-state index contributed by atoms with van der Waals surface area (Å²) >= 11 is 0. The van der Waals surface area contributed by atoms with E-state index in [0.717, 1.165) is 5.57 Å². The van der Waals surface area contributed by atoms with Gasteiger partial charge >= 0.3 is 0 Å². The number of fused-ring (bicyclic) bond motifs is 1. The van der Waals surface area contributed by atoms with Gasteiger partial charge in [-0.2, -0.15) is 5.26 Å². The third-order valence-electron chi connectivity index (χ3n) is 2.95. The molecule has 2 aliphatic carbocycles. The normalized spacial score (nSPS) is 31.8. The molecule has 0 aliphatic heterocycles. The van der Waals surface area contributed by atoms with Crippen molar-refractivity contribution in [3.05, 3.63) is 34.4 Å². The first-order valence-corrected chi connectivity index (χ1v) is 4.13. The number of nitriles is 1. The van der Waals surface area contributed by atoms with E-state index in [2.05, 4.69) is 32.9 Å². The average Bonchev–Trinajstić information content (AvgIpc) is 2.72. The van der Waals surface area contributed by atoms with Crippen LogP contribution < -0.4 is 0 Å². The fraction of sp³-hybridized carbons (Fsp3) is 0.364. The quantitative estimate of drug-likeness (QED) is 0.530. The van der Waals surface area contributed by atoms with Crippen LogP contribution in [0.3, 0.4) is 0 Å². The zero-order valence-corrected chi connectivity index (χ0v) is 7.60. The molecule has 12 heavy (non-hydrogen) atoms. The van der Waals surface area contributed by atoms with Crippen molar-refractivity contribution in [1.29, 1.82) is 5.26 Å². The van der Waals surface area contributed by atoms with Crippen LogP contribution in [-0.2, 0) is 0 Å². The molecule has 2 rings (SSSR count). The molecule has 0 radical (unpaired) electrons. The molecule has 0 unspecified atom stereocenters. The summed E-state index contributed by atoms with van der Waals surface area (Å²) in [7, 11) is 0. The fourth-order valence-electron chi connectivity index (χ4n) is 1.81. The summed E-state index contributed by atoms with van der Waals surface area (Å²) < 4.78 is 0. The van der Waals surface area contributed by atoms with Crippen LogP contribution in [0.4, 0.5) is 0 Å². The molecule has 0 aromatic carbocycles. The SMILES string of the molecule is CC1=C(C)C2=C[C@]2(C)C(C#N)=C1. The lowest BCUT2D eigenvalue weighted by Gasteiger charge is -2.18. The van der Waals surface area contributed by atoms with Crippen molar-refractivity contribution in [3.8, 4) is 6.07 Å². The van der Waals surface area contributed by atoms with E-state index >= 15 is 0 Å². The molecule has 1 heteroatoms. The largest absolute Gasteiger partial charge is 0.193 e. The molecular formula is C11H11N. The number of rotatable bonds is 0. The molecule has 0 saturated carbocycles. The van der Waals surface area contributed by atoms with Crippen molar-refractivity contribution in [2.45, 2.75) is 20.8 Å². The lowest BCUT2D eigenvalue weighted by atomic mass is 9.84. The lowest BCUT2D eigenvalue weighted by Crippen LogP contribution is -2.08. The van der Waals surface area contributed by atoms with E-state index < -0.39 is 0 Å². The molecule has 0 N–H and O–H groups in total. The highest BCUT2D eigenvalue weighted by Crippen LogP contribution is 2.56. The standard InChI is InChI=1S/C11H11N/c1-7-4-9(6-12)11(3)5-10(11)8(7)2/h4-5H,1-3H3/t11-/m1/s1. The zero-order chi connectivity index (χ0) is 8.93. The highest BCUT2D eigenvalue weighted by atomic mass is 14.5. The monoisotopic (exact) mass is 157 g/mol. The molecule has 0 aromatic heterocycles. The van der Waals surface area contributed by atoms with Gasteiger partial charge in [0.05, 0.1) is 6.07 Å². The first kappa shape index (κ1) is 7.36. The maximum absolute atomic E-state index is 8.88. The van der Waals surface area contributed by atoms with E-state index in [1.165, 1.54) is 16.7 Å². The van der Waals surface area contributed by atoms with E-state index in [4.69, 9.17) is 5.26 Å². The van der Waals surface area contributed by atoms with Gasteiger partial charge in [-0.25, -0.2) is 0 Å². The molecule has 0 aromatic rings. The van der Waals surface area contributed by atoms with Crippen LogP contribution in [0.2, 0.25) is 0 Å². The molecule has 60 valence electrons. The average molecular weight is 157 g/mol. The Labute approximate surface area is 72.7 Å². The molecule has 1 atom stereocenters. The number of nitrogens with zero attached hydrogens (tertiary/aromatic N) is 1. The van der Waals surface area contributed by atoms with Crippen LogP contribution in [0.15, 0.2) is 34.4 Å². The highest BCUT2D eigenvalue weighted by molar-refractivity contribution is 5.67. The second-order valence-electron chi connectivity index (χ2n) is 3.74. The first-order chi connectivity index (χ1) is 5.59. The Balaban J connectivity index is 2.54. The van der Waals surface area contributed by atoms with Crippen LogP contribution in [0, 0.1) is 16.7 Å². The number of allylic oxidation sites excluding steroid dienone is 6. The Bertz CT molecular complexity index is 388. The third-order valence-corrected chi connectivity index (χ3v) is 2.95. The number of hydrogen-bond acceptors (Lipinski definition) is 1. The van der Waals surface area contributed by atoms with Gasteiger partial charge in [0.1, 0.15) is 0 Å². The summed E-state index contributed by atoms with van der Waals surface area (Å²) in [5, 5.41) is 8.88. The smallest absolute Gasteiger partial charge is 0.0960 e. The molecule has 2 aliphatic rings. The second-order valence-corrected chi connectivity index (χ2v) is 3.74. The van der Waals surface area contributed by atoms with Crippen molar-refractivity contribution in [1.82, 2.24) is 0 Å².